The Hall–Kier alpha value is -0.560. The van der Waals surface area contributed by atoms with E-state index in [0.717, 1.165) is 19.3 Å². The highest BCUT2D eigenvalue weighted by atomic mass is 32.2. The second-order valence-corrected chi connectivity index (χ2v) is 7.77. The molecule has 0 amide bonds. The average Bonchev–Trinajstić information content (AvgIpc) is 2.34. The van der Waals surface area contributed by atoms with Gasteiger partial charge in [-0.25, -0.2) is 9.00 Å². The molecule has 0 aliphatic heterocycles. The molecule has 114 valence electrons. The number of halogens is 2. The zero-order valence-electron chi connectivity index (χ0n) is 11.0. The van der Waals surface area contributed by atoms with Crippen molar-refractivity contribution in [3.05, 3.63) is 0 Å². The molecule has 4 aliphatic rings. The van der Waals surface area contributed by atoms with Crippen molar-refractivity contribution < 1.29 is 27.1 Å². The lowest BCUT2D eigenvalue weighted by molar-refractivity contribution is -0.171. The maximum absolute atomic E-state index is 13.1. The van der Waals surface area contributed by atoms with Crippen LogP contribution in [0.3, 0.4) is 0 Å². The molecule has 7 heteroatoms. The van der Waals surface area contributed by atoms with Crippen molar-refractivity contribution in [2.45, 2.75) is 43.8 Å². The third-order valence-corrected chi connectivity index (χ3v) is 5.74. The summed E-state index contributed by atoms with van der Waals surface area (Å²) in [5, 5.41) is -4.33. The molecule has 4 bridgehead atoms. The third kappa shape index (κ3) is 2.39. The molecule has 0 aromatic carbocycles. The molecule has 4 rings (SSSR count). The number of hydrogen-bond donors (Lipinski definition) is 1. The second-order valence-electron chi connectivity index (χ2n) is 6.76. The lowest BCUT2D eigenvalue weighted by Gasteiger charge is -2.56. The maximum Gasteiger partial charge on any atom is 0.439 e. The largest absolute Gasteiger partial charge is 0.460 e. The first-order chi connectivity index (χ1) is 9.31. The van der Waals surface area contributed by atoms with Crippen LogP contribution in [0.25, 0.3) is 0 Å². The quantitative estimate of drug-likeness (QED) is 0.640. The van der Waals surface area contributed by atoms with E-state index in [-0.39, 0.29) is 12.0 Å². The molecule has 4 aliphatic carbocycles. The average molecular weight is 308 g/mol. The smallest absolute Gasteiger partial charge is 0.439 e. The number of rotatable bonds is 4. The van der Waals surface area contributed by atoms with Crippen LogP contribution in [-0.4, -0.2) is 26.6 Å². The van der Waals surface area contributed by atoms with Crippen LogP contribution >= 0.6 is 0 Å². The Morgan fingerprint density at radius 1 is 1.20 bits per heavy atom. The maximum atomic E-state index is 13.1. The Labute approximate surface area is 118 Å². The third-order valence-electron chi connectivity index (χ3n) is 5.13. The Morgan fingerprint density at radius 3 is 2.05 bits per heavy atom. The van der Waals surface area contributed by atoms with Crippen LogP contribution in [0.1, 0.15) is 38.5 Å². The van der Waals surface area contributed by atoms with Crippen molar-refractivity contribution >= 4 is 17.0 Å². The van der Waals surface area contributed by atoms with Gasteiger partial charge in [0.05, 0.1) is 6.61 Å². The molecule has 1 atom stereocenters. The normalized spacial score (nSPS) is 40.6. The fourth-order valence-corrected chi connectivity index (χ4v) is 5.04. The van der Waals surface area contributed by atoms with E-state index in [1.165, 1.54) is 19.3 Å². The number of carbonyl (C=O) groups excluding carboxylic acids is 1. The molecule has 4 nitrogen and oxygen atoms in total. The summed E-state index contributed by atoms with van der Waals surface area (Å²) in [6.45, 7) is -0.0396. The highest BCUT2D eigenvalue weighted by Gasteiger charge is 2.53. The van der Waals surface area contributed by atoms with Crippen molar-refractivity contribution in [3.63, 3.8) is 0 Å². The van der Waals surface area contributed by atoms with E-state index in [0.29, 0.717) is 17.8 Å². The van der Waals surface area contributed by atoms with Crippen molar-refractivity contribution in [3.8, 4) is 0 Å². The van der Waals surface area contributed by atoms with Gasteiger partial charge in [-0.05, 0) is 56.3 Å². The van der Waals surface area contributed by atoms with E-state index >= 15 is 0 Å². The van der Waals surface area contributed by atoms with Crippen LogP contribution in [0.5, 0.6) is 0 Å². The lowest BCUT2D eigenvalue weighted by atomic mass is 9.50. The van der Waals surface area contributed by atoms with Gasteiger partial charge in [0.1, 0.15) is 0 Å². The summed E-state index contributed by atoms with van der Waals surface area (Å²) in [7, 11) is 0. The molecule has 0 spiro atoms. The van der Waals surface area contributed by atoms with Gasteiger partial charge in [0.15, 0.2) is 0 Å². The van der Waals surface area contributed by atoms with Crippen LogP contribution in [0.4, 0.5) is 8.78 Å². The number of hydrogen-bond acceptors (Lipinski definition) is 3. The zero-order valence-corrected chi connectivity index (χ0v) is 11.8. The van der Waals surface area contributed by atoms with Crippen molar-refractivity contribution in [1.29, 1.82) is 0 Å². The molecule has 0 radical (unpaired) electrons. The fourth-order valence-electron chi connectivity index (χ4n) is 4.84. The lowest BCUT2D eigenvalue weighted by Crippen LogP contribution is -2.49. The van der Waals surface area contributed by atoms with Gasteiger partial charge in [0.25, 0.3) is 0 Å². The Balaban J connectivity index is 1.64. The number of carbonyl (C=O) groups is 1. The zero-order chi connectivity index (χ0) is 14.5. The molecule has 0 aromatic rings. The van der Waals surface area contributed by atoms with Gasteiger partial charge < -0.3 is 9.29 Å². The second kappa shape index (κ2) is 4.73. The van der Waals surface area contributed by atoms with E-state index in [1.54, 1.807) is 0 Å². The summed E-state index contributed by atoms with van der Waals surface area (Å²) in [6.07, 6.45) is 6.43. The molecule has 1 N–H and O–H groups in total. The van der Waals surface area contributed by atoms with Crippen LogP contribution in [0, 0.1) is 23.2 Å². The summed E-state index contributed by atoms with van der Waals surface area (Å²) in [4.78, 5) is 11.3. The van der Waals surface area contributed by atoms with Crippen molar-refractivity contribution in [2.24, 2.45) is 23.2 Å². The summed E-state index contributed by atoms with van der Waals surface area (Å²) in [6, 6.07) is 0. The topological polar surface area (TPSA) is 63.6 Å². The minimum atomic E-state index is -4.33. The van der Waals surface area contributed by atoms with Gasteiger partial charge in [0, 0.05) is 5.41 Å². The van der Waals surface area contributed by atoms with E-state index < -0.39 is 22.3 Å². The number of ether oxygens (including phenoxy) is 1. The summed E-state index contributed by atoms with van der Waals surface area (Å²) in [5.41, 5.74) is -0.169. The van der Waals surface area contributed by atoms with Crippen LogP contribution in [-0.2, 0) is 20.6 Å². The highest BCUT2D eigenvalue weighted by molar-refractivity contribution is 7.81. The van der Waals surface area contributed by atoms with Crippen LogP contribution in [0.15, 0.2) is 0 Å². The van der Waals surface area contributed by atoms with E-state index in [2.05, 4.69) is 0 Å². The molecule has 20 heavy (non-hydrogen) atoms. The van der Waals surface area contributed by atoms with Crippen molar-refractivity contribution in [2.75, 3.05) is 6.61 Å². The molecule has 1 unspecified atom stereocenters. The summed E-state index contributed by atoms with van der Waals surface area (Å²) in [5.74, 6) is 0.0152. The molecule has 0 aromatic heterocycles. The number of esters is 1. The van der Waals surface area contributed by atoms with Gasteiger partial charge in [-0.1, -0.05) is 0 Å². The highest BCUT2D eigenvalue weighted by Crippen LogP contribution is 2.60. The molecule has 4 fully saturated rings. The van der Waals surface area contributed by atoms with E-state index in [9.17, 15) is 17.8 Å². The van der Waals surface area contributed by atoms with Crippen molar-refractivity contribution in [1.82, 2.24) is 0 Å². The first kappa shape index (κ1) is 14.4. The number of alkyl halides is 2. The molecule has 0 heterocycles. The predicted molar refractivity (Wildman–Crippen MR) is 67.3 cm³/mol. The van der Waals surface area contributed by atoms with Crippen LogP contribution < -0.4 is 0 Å². The Kier molecular flexibility index (Phi) is 3.40. The van der Waals surface area contributed by atoms with Crippen LogP contribution in [0.2, 0.25) is 0 Å². The summed E-state index contributed by atoms with van der Waals surface area (Å²) >= 11 is -3.53. The standard InChI is InChI=1S/C13H18F2O4S/c14-13(15,20(17)18)11(16)19-7-12-4-8-1-9(5-12)3-10(2-8)6-12/h8-10H,1-7H2,(H,17,18). The first-order valence-electron chi connectivity index (χ1n) is 6.97. The van der Waals surface area contributed by atoms with Gasteiger partial charge in [-0.3, -0.25) is 0 Å². The first-order valence-corrected chi connectivity index (χ1v) is 8.07. The van der Waals surface area contributed by atoms with Gasteiger partial charge >= 0.3 is 11.2 Å². The molecular formula is C13H18F2O4S. The Bertz CT molecular complexity index is 416. The fraction of sp³-hybridized carbons (Fsp3) is 0.923. The summed E-state index contributed by atoms with van der Waals surface area (Å²) < 4.78 is 49.7. The van der Waals surface area contributed by atoms with E-state index in [4.69, 9.17) is 9.29 Å². The minimum Gasteiger partial charge on any atom is -0.460 e. The van der Waals surface area contributed by atoms with Gasteiger partial charge in [0.2, 0.25) is 11.1 Å². The monoisotopic (exact) mass is 308 g/mol. The Morgan fingerprint density at radius 2 is 1.65 bits per heavy atom. The molecule has 0 saturated heterocycles. The molecular weight excluding hydrogens is 290 g/mol. The van der Waals surface area contributed by atoms with Gasteiger partial charge in [-0.2, -0.15) is 8.78 Å². The predicted octanol–water partition coefficient (Wildman–Crippen LogP) is 2.56. The van der Waals surface area contributed by atoms with E-state index in [1.807, 2.05) is 0 Å². The molecule has 4 saturated carbocycles. The minimum absolute atomic E-state index is 0.0396. The van der Waals surface area contributed by atoms with Gasteiger partial charge in [-0.15, -0.1) is 0 Å². The SMILES string of the molecule is O=C(OCC12CC3CC(CC(C3)C1)C2)C(F)(F)S(=O)O.